The largest absolute Gasteiger partial charge is 0.308 e. The summed E-state index contributed by atoms with van der Waals surface area (Å²) in [5.74, 6) is 5.99. The number of hydrazine groups is 1. The van der Waals surface area contributed by atoms with Crippen LogP contribution >= 0.6 is 11.3 Å². The van der Waals surface area contributed by atoms with E-state index in [-0.39, 0.29) is 5.91 Å². The summed E-state index contributed by atoms with van der Waals surface area (Å²) in [6, 6.07) is 3.35. The van der Waals surface area contributed by atoms with Gasteiger partial charge in [0.25, 0.3) is 5.91 Å². The van der Waals surface area contributed by atoms with Crippen LogP contribution in [0.3, 0.4) is 0 Å². The maximum atomic E-state index is 12.1. The Hall–Kier alpha value is -1.99. The number of nitrogens with two attached hydrogens (primary N) is 1. The van der Waals surface area contributed by atoms with Crippen LogP contribution in [0.2, 0.25) is 0 Å². The van der Waals surface area contributed by atoms with E-state index in [4.69, 9.17) is 5.84 Å². The number of hydrogen-bond acceptors (Lipinski definition) is 6. The fourth-order valence-corrected chi connectivity index (χ4v) is 2.57. The average molecular weight is 275 g/mol. The first-order chi connectivity index (χ1) is 9.28. The Morgan fingerprint density at radius 3 is 3.05 bits per heavy atom. The van der Waals surface area contributed by atoms with Gasteiger partial charge >= 0.3 is 0 Å². The second kappa shape index (κ2) is 4.94. The number of pyridine rings is 1. The molecule has 2 aromatic rings. The van der Waals surface area contributed by atoms with Gasteiger partial charge in [-0.15, -0.1) is 11.3 Å². The summed E-state index contributed by atoms with van der Waals surface area (Å²) >= 11 is 1.44. The highest BCUT2D eigenvalue weighted by Crippen LogP contribution is 2.40. The lowest BCUT2D eigenvalue weighted by Crippen LogP contribution is -2.18. The second-order valence-corrected chi connectivity index (χ2v) is 5.21. The van der Waals surface area contributed by atoms with E-state index >= 15 is 0 Å². The number of anilines is 2. The Kier molecular flexibility index (Phi) is 3.14. The van der Waals surface area contributed by atoms with Gasteiger partial charge in [0.15, 0.2) is 10.9 Å². The summed E-state index contributed by atoms with van der Waals surface area (Å²) in [6.45, 7) is 0. The molecule has 98 valence electrons. The Morgan fingerprint density at radius 1 is 1.47 bits per heavy atom. The highest BCUT2D eigenvalue weighted by Gasteiger charge is 2.26. The van der Waals surface area contributed by atoms with Crippen LogP contribution in [0.15, 0.2) is 23.7 Å². The lowest BCUT2D eigenvalue weighted by molar-refractivity contribution is 0.102. The molecule has 0 unspecified atom stereocenters. The smallest absolute Gasteiger partial charge is 0.261 e. The minimum absolute atomic E-state index is 0.266. The van der Waals surface area contributed by atoms with Gasteiger partial charge < -0.3 is 5.43 Å². The van der Waals surface area contributed by atoms with E-state index in [2.05, 4.69) is 20.7 Å². The third-order valence-corrected chi connectivity index (χ3v) is 3.70. The summed E-state index contributed by atoms with van der Waals surface area (Å²) in [4.78, 5) is 20.5. The van der Waals surface area contributed by atoms with Crippen molar-refractivity contribution < 1.29 is 4.79 Å². The highest BCUT2D eigenvalue weighted by molar-refractivity contribution is 7.14. The van der Waals surface area contributed by atoms with Crippen LogP contribution in [0.25, 0.3) is 0 Å². The van der Waals surface area contributed by atoms with Crippen molar-refractivity contribution in [1.29, 1.82) is 0 Å². The molecule has 2 heterocycles. The number of hydrogen-bond donors (Lipinski definition) is 3. The normalized spacial score (nSPS) is 14.2. The summed E-state index contributed by atoms with van der Waals surface area (Å²) in [7, 11) is 0. The zero-order valence-electron chi connectivity index (χ0n) is 10.1. The molecule has 1 fully saturated rings. The van der Waals surface area contributed by atoms with Crippen molar-refractivity contribution in [2.45, 2.75) is 18.8 Å². The molecule has 0 saturated heterocycles. The van der Waals surface area contributed by atoms with Gasteiger partial charge in [-0.1, -0.05) is 0 Å². The third kappa shape index (κ3) is 2.56. The molecule has 0 aromatic carbocycles. The van der Waals surface area contributed by atoms with Crippen molar-refractivity contribution in [2.75, 3.05) is 10.7 Å². The summed E-state index contributed by atoms with van der Waals surface area (Å²) in [5.41, 5.74) is 3.88. The van der Waals surface area contributed by atoms with Gasteiger partial charge in [0.1, 0.15) is 0 Å². The second-order valence-electron chi connectivity index (χ2n) is 4.35. The lowest BCUT2D eigenvalue weighted by atomic mass is 10.2. The van der Waals surface area contributed by atoms with E-state index < -0.39 is 0 Å². The quantitative estimate of drug-likeness (QED) is 0.586. The molecular weight excluding hydrogens is 262 g/mol. The maximum absolute atomic E-state index is 12.1. The first-order valence-corrected chi connectivity index (χ1v) is 6.84. The molecule has 0 spiro atoms. The third-order valence-electron chi connectivity index (χ3n) is 2.93. The van der Waals surface area contributed by atoms with Crippen molar-refractivity contribution >= 4 is 28.2 Å². The van der Waals surface area contributed by atoms with Gasteiger partial charge in [-0.25, -0.2) is 15.8 Å². The molecule has 1 aliphatic rings. The van der Waals surface area contributed by atoms with Crippen molar-refractivity contribution in [3.8, 4) is 0 Å². The Balaban J connectivity index is 1.76. The van der Waals surface area contributed by atoms with Crippen LogP contribution in [-0.2, 0) is 0 Å². The van der Waals surface area contributed by atoms with Crippen molar-refractivity contribution in [2.24, 2.45) is 5.84 Å². The molecule has 19 heavy (non-hydrogen) atoms. The first-order valence-electron chi connectivity index (χ1n) is 5.96. The highest BCUT2D eigenvalue weighted by atomic mass is 32.1. The number of nitrogen functional groups attached to an aromatic ring is 1. The Labute approximate surface area is 114 Å². The van der Waals surface area contributed by atoms with E-state index in [1.165, 1.54) is 24.2 Å². The minimum atomic E-state index is -0.266. The zero-order valence-corrected chi connectivity index (χ0v) is 10.9. The molecule has 4 N–H and O–H groups in total. The van der Waals surface area contributed by atoms with Gasteiger partial charge in [0, 0.05) is 17.5 Å². The van der Waals surface area contributed by atoms with Gasteiger partial charge in [-0.05, 0) is 25.0 Å². The number of carbonyl (C=O) groups is 1. The molecule has 0 radical (unpaired) electrons. The summed E-state index contributed by atoms with van der Waals surface area (Å²) in [6.07, 6.45) is 3.96. The molecule has 1 aliphatic carbocycles. The number of aromatic nitrogens is 2. The van der Waals surface area contributed by atoms with Crippen molar-refractivity contribution in [3.05, 3.63) is 35.0 Å². The molecule has 0 atom stereocenters. The van der Waals surface area contributed by atoms with Gasteiger partial charge in [-0.2, -0.15) is 0 Å². The Morgan fingerprint density at radius 2 is 2.32 bits per heavy atom. The standard InChI is InChI=1S/C12H13N5OS/c13-17-10-8(2-1-5-14-10)11(18)16-12-15-9(6-19-12)7-3-4-7/h1-2,5-7H,3-4,13H2,(H,14,17)(H,15,16,18). The molecule has 6 nitrogen and oxygen atoms in total. The van der Waals surface area contributed by atoms with Crippen LogP contribution in [0.4, 0.5) is 10.9 Å². The van der Waals surface area contributed by atoms with Gasteiger partial charge in [-0.3, -0.25) is 10.1 Å². The number of amides is 1. The van der Waals surface area contributed by atoms with Crippen LogP contribution in [0.5, 0.6) is 0 Å². The SMILES string of the molecule is NNc1ncccc1C(=O)Nc1nc(C2CC2)cs1. The molecule has 3 rings (SSSR count). The summed E-state index contributed by atoms with van der Waals surface area (Å²) in [5, 5.41) is 5.38. The number of thiazole rings is 1. The molecular formula is C12H13N5OS. The molecule has 1 amide bonds. The molecule has 0 bridgehead atoms. The van der Waals surface area contributed by atoms with Crippen LogP contribution in [0, 0.1) is 0 Å². The fraction of sp³-hybridized carbons (Fsp3) is 0.250. The van der Waals surface area contributed by atoms with Crippen molar-refractivity contribution in [3.63, 3.8) is 0 Å². The van der Waals surface area contributed by atoms with Crippen molar-refractivity contribution in [1.82, 2.24) is 9.97 Å². The summed E-state index contributed by atoms with van der Waals surface area (Å²) < 4.78 is 0. The van der Waals surface area contributed by atoms with E-state index in [0.29, 0.717) is 22.4 Å². The number of carbonyl (C=O) groups excluding carboxylic acids is 1. The Bertz CT molecular complexity index is 608. The molecule has 2 aromatic heterocycles. The minimum Gasteiger partial charge on any atom is -0.308 e. The molecule has 0 aliphatic heterocycles. The fourth-order valence-electron chi connectivity index (χ4n) is 1.78. The predicted molar refractivity (Wildman–Crippen MR) is 74.1 cm³/mol. The monoisotopic (exact) mass is 275 g/mol. The van der Waals surface area contributed by atoms with Gasteiger partial charge in [0.2, 0.25) is 0 Å². The first kappa shape index (κ1) is 12.1. The predicted octanol–water partition coefficient (Wildman–Crippen LogP) is 1.95. The lowest BCUT2D eigenvalue weighted by Gasteiger charge is -2.06. The van der Waals surface area contributed by atoms with E-state index in [9.17, 15) is 4.79 Å². The van der Waals surface area contributed by atoms with Crippen LogP contribution in [0.1, 0.15) is 34.8 Å². The van der Waals surface area contributed by atoms with E-state index in [1.54, 1.807) is 18.3 Å². The van der Waals surface area contributed by atoms with Gasteiger partial charge in [0.05, 0.1) is 11.3 Å². The maximum Gasteiger partial charge on any atom is 0.261 e. The molecule has 1 saturated carbocycles. The average Bonchev–Trinajstić information content (AvgIpc) is 3.19. The molecule has 7 heteroatoms. The topological polar surface area (TPSA) is 92.9 Å². The zero-order chi connectivity index (χ0) is 13.2. The number of nitrogens with zero attached hydrogens (tertiary/aromatic N) is 2. The number of nitrogens with one attached hydrogen (secondary N) is 2. The van der Waals surface area contributed by atoms with Crippen LogP contribution < -0.4 is 16.6 Å². The van der Waals surface area contributed by atoms with E-state index in [0.717, 1.165) is 5.69 Å². The van der Waals surface area contributed by atoms with E-state index in [1.807, 2.05) is 5.38 Å². The van der Waals surface area contributed by atoms with Crippen LogP contribution in [-0.4, -0.2) is 15.9 Å². The number of rotatable bonds is 4.